The van der Waals surface area contributed by atoms with Crippen LogP contribution in [0.5, 0.6) is 0 Å². The highest BCUT2D eigenvalue weighted by atomic mass is 19.1. The van der Waals surface area contributed by atoms with Crippen LogP contribution in [0.2, 0.25) is 0 Å². The summed E-state index contributed by atoms with van der Waals surface area (Å²) in [5.74, 6) is -0.386. The summed E-state index contributed by atoms with van der Waals surface area (Å²) in [6.45, 7) is 0. The number of hydrogen-bond donors (Lipinski definition) is 0. The Morgan fingerprint density at radius 1 is 0.769 bits per heavy atom. The minimum atomic E-state index is -0.619. The van der Waals surface area contributed by atoms with Crippen LogP contribution in [0.3, 0.4) is 0 Å². The molecule has 0 saturated carbocycles. The fraction of sp³-hybridized carbons (Fsp3) is 0.147. The van der Waals surface area contributed by atoms with E-state index in [0.717, 1.165) is 47.6 Å². The zero-order valence-corrected chi connectivity index (χ0v) is 21.5. The maximum absolute atomic E-state index is 14.9. The molecule has 0 saturated heterocycles. The lowest BCUT2D eigenvalue weighted by Gasteiger charge is -2.43. The van der Waals surface area contributed by atoms with Crippen LogP contribution in [0.25, 0.3) is 33.3 Å². The summed E-state index contributed by atoms with van der Waals surface area (Å²) in [6, 6.07) is 19.7. The molecule has 7 rings (SSSR count). The van der Waals surface area contributed by atoms with Crippen molar-refractivity contribution in [1.82, 2.24) is 19.5 Å². The summed E-state index contributed by atoms with van der Waals surface area (Å²) in [5.41, 5.74) is 5.77. The fourth-order valence-corrected chi connectivity index (χ4v) is 6.26. The molecule has 4 aromatic heterocycles. The Balaban J connectivity index is 1.67. The third-order valence-corrected chi connectivity index (χ3v) is 7.90. The number of allylic oxidation sites excluding steroid dienone is 8. The maximum Gasteiger partial charge on any atom is 0.151 e. The SMILES string of the molecule is Fc1cccnc1-c1ccc2c3cnccc3n(C(C3=CC=CCC3)(C3=CC=CCC3)c3ccccc3)c2n1. The van der Waals surface area contributed by atoms with Gasteiger partial charge < -0.3 is 4.57 Å². The summed E-state index contributed by atoms with van der Waals surface area (Å²) >= 11 is 0. The van der Waals surface area contributed by atoms with Crippen molar-refractivity contribution in [1.29, 1.82) is 0 Å². The van der Waals surface area contributed by atoms with Crippen molar-refractivity contribution < 1.29 is 4.39 Å². The van der Waals surface area contributed by atoms with Crippen LogP contribution in [-0.4, -0.2) is 19.5 Å². The molecule has 0 aliphatic heterocycles. The van der Waals surface area contributed by atoms with Crippen molar-refractivity contribution in [3.05, 3.63) is 138 Å². The van der Waals surface area contributed by atoms with Crippen LogP contribution >= 0.6 is 0 Å². The average molecular weight is 511 g/mol. The molecule has 0 bridgehead atoms. The highest BCUT2D eigenvalue weighted by Crippen LogP contribution is 2.50. The summed E-state index contributed by atoms with van der Waals surface area (Å²) in [7, 11) is 0. The van der Waals surface area contributed by atoms with E-state index in [-0.39, 0.29) is 11.5 Å². The van der Waals surface area contributed by atoms with Gasteiger partial charge in [0, 0.05) is 29.4 Å². The largest absolute Gasteiger partial charge is 0.307 e. The van der Waals surface area contributed by atoms with E-state index in [1.807, 2.05) is 24.5 Å². The number of aromatic nitrogens is 4. The zero-order valence-electron chi connectivity index (χ0n) is 21.5. The van der Waals surface area contributed by atoms with Crippen molar-refractivity contribution in [3.8, 4) is 11.4 Å². The molecule has 0 unspecified atom stereocenters. The number of benzene rings is 1. The van der Waals surface area contributed by atoms with Gasteiger partial charge in [-0.05, 0) is 72.7 Å². The number of nitrogens with zero attached hydrogens (tertiary/aromatic N) is 4. The van der Waals surface area contributed by atoms with Crippen LogP contribution in [0.4, 0.5) is 4.39 Å². The first-order chi connectivity index (χ1) is 19.3. The first-order valence-electron chi connectivity index (χ1n) is 13.4. The van der Waals surface area contributed by atoms with Crippen molar-refractivity contribution >= 4 is 21.9 Å². The lowest BCUT2D eigenvalue weighted by atomic mass is 9.71. The van der Waals surface area contributed by atoms with Gasteiger partial charge in [-0.25, -0.2) is 9.37 Å². The average Bonchev–Trinajstić information content (AvgIpc) is 3.34. The predicted molar refractivity (Wildman–Crippen MR) is 155 cm³/mol. The number of hydrogen-bond acceptors (Lipinski definition) is 3. The molecular weight excluding hydrogens is 483 g/mol. The highest BCUT2D eigenvalue weighted by molar-refractivity contribution is 6.07. The second-order valence-corrected chi connectivity index (χ2v) is 10.0. The standard InChI is InChI=1S/C34H27FN4/c35-29-17-10-21-37-32(29)30-19-18-27-28-23-36-22-20-31(28)39(33(27)38-30)34(24-11-4-1-5-12-24,25-13-6-2-7-14-25)26-15-8-3-9-16-26/h1-6,8,10-13,15,17-23H,7,9,14,16H2. The van der Waals surface area contributed by atoms with Gasteiger partial charge in [0.15, 0.2) is 5.82 Å². The molecule has 0 atom stereocenters. The quantitative estimate of drug-likeness (QED) is 0.240. The Morgan fingerprint density at radius 2 is 1.54 bits per heavy atom. The molecule has 5 aromatic rings. The Morgan fingerprint density at radius 3 is 2.23 bits per heavy atom. The molecule has 0 spiro atoms. The maximum atomic E-state index is 14.9. The third-order valence-electron chi connectivity index (χ3n) is 7.90. The molecule has 0 amide bonds. The number of pyridine rings is 3. The number of halogens is 1. The van der Waals surface area contributed by atoms with Crippen LogP contribution in [-0.2, 0) is 5.54 Å². The van der Waals surface area contributed by atoms with Gasteiger partial charge in [-0.3, -0.25) is 9.97 Å². The van der Waals surface area contributed by atoms with Gasteiger partial charge in [-0.2, -0.15) is 0 Å². The summed E-state index contributed by atoms with van der Waals surface area (Å²) in [5, 5.41) is 2.00. The van der Waals surface area contributed by atoms with Crippen molar-refractivity contribution in [2.45, 2.75) is 31.2 Å². The fourth-order valence-electron chi connectivity index (χ4n) is 6.26. The minimum absolute atomic E-state index is 0.249. The molecule has 0 N–H and O–H groups in total. The topological polar surface area (TPSA) is 43.6 Å². The van der Waals surface area contributed by atoms with Gasteiger partial charge >= 0.3 is 0 Å². The van der Waals surface area contributed by atoms with E-state index < -0.39 is 5.54 Å². The van der Waals surface area contributed by atoms with Gasteiger partial charge in [0.05, 0.1) is 11.2 Å². The van der Waals surface area contributed by atoms with E-state index in [2.05, 4.69) is 87.4 Å². The number of rotatable bonds is 5. The summed E-state index contributed by atoms with van der Waals surface area (Å²) < 4.78 is 17.3. The minimum Gasteiger partial charge on any atom is -0.307 e. The second-order valence-electron chi connectivity index (χ2n) is 10.0. The van der Waals surface area contributed by atoms with Crippen LogP contribution in [0.1, 0.15) is 31.2 Å². The van der Waals surface area contributed by atoms with Gasteiger partial charge in [-0.1, -0.05) is 66.8 Å². The second kappa shape index (κ2) is 9.59. The molecule has 39 heavy (non-hydrogen) atoms. The third kappa shape index (κ3) is 3.68. The van der Waals surface area contributed by atoms with Gasteiger partial charge in [0.1, 0.15) is 16.9 Å². The zero-order chi connectivity index (χ0) is 26.2. The van der Waals surface area contributed by atoms with E-state index in [4.69, 9.17) is 4.98 Å². The van der Waals surface area contributed by atoms with Crippen molar-refractivity contribution in [3.63, 3.8) is 0 Å². The molecule has 1 aromatic carbocycles. The molecule has 0 radical (unpaired) electrons. The molecule has 0 fully saturated rings. The van der Waals surface area contributed by atoms with Crippen molar-refractivity contribution in [2.24, 2.45) is 0 Å². The van der Waals surface area contributed by atoms with Crippen LogP contribution in [0.15, 0.2) is 127 Å². The summed E-state index contributed by atoms with van der Waals surface area (Å²) in [4.78, 5) is 14.0. The number of fused-ring (bicyclic) bond motifs is 3. The Bertz CT molecular complexity index is 1790. The van der Waals surface area contributed by atoms with Gasteiger partial charge in [0.25, 0.3) is 0 Å². The Hall–Kier alpha value is -4.64. The smallest absolute Gasteiger partial charge is 0.151 e. The molecule has 4 heterocycles. The first kappa shape index (κ1) is 23.5. The first-order valence-corrected chi connectivity index (χ1v) is 13.4. The monoisotopic (exact) mass is 510 g/mol. The molecule has 4 nitrogen and oxygen atoms in total. The van der Waals surface area contributed by atoms with Crippen LogP contribution < -0.4 is 0 Å². The van der Waals surface area contributed by atoms with Gasteiger partial charge in [-0.15, -0.1) is 0 Å². The Kier molecular flexibility index (Phi) is 5.77. The summed E-state index contributed by atoms with van der Waals surface area (Å²) in [6.07, 6.45) is 22.5. The van der Waals surface area contributed by atoms with E-state index in [1.54, 1.807) is 12.3 Å². The normalized spacial score (nSPS) is 15.5. The van der Waals surface area contributed by atoms with Crippen LogP contribution in [0, 0.1) is 5.82 Å². The van der Waals surface area contributed by atoms with E-state index in [1.165, 1.54) is 22.8 Å². The molecule has 190 valence electrons. The molecule has 2 aliphatic carbocycles. The lowest BCUT2D eigenvalue weighted by Crippen LogP contribution is -2.40. The molecule has 2 aliphatic rings. The van der Waals surface area contributed by atoms with Crippen molar-refractivity contribution in [2.75, 3.05) is 0 Å². The van der Waals surface area contributed by atoms with E-state index >= 15 is 0 Å². The molecule has 5 heteroatoms. The van der Waals surface area contributed by atoms with E-state index in [9.17, 15) is 4.39 Å². The molecular formula is C34H27FN4. The highest BCUT2D eigenvalue weighted by Gasteiger charge is 2.43. The lowest BCUT2D eigenvalue weighted by molar-refractivity contribution is 0.482. The van der Waals surface area contributed by atoms with E-state index in [0.29, 0.717) is 5.69 Å². The van der Waals surface area contributed by atoms with Gasteiger partial charge in [0.2, 0.25) is 0 Å². The predicted octanol–water partition coefficient (Wildman–Crippen LogP) is 8.08. The Labute approximate surface area is 226 Å².